The zero-order valence-electron chi connectivity index (χ0n) is 11.4. The van der Waals surface area contributed by atoms with Crippen LogP contribution in [0.3, 0.4) is 0 Å². The number of ketones is 1. The van der Waals surface area contributed by atoms with E-state index in [0.717, 1.165) is 0 Å². The molecule has 0 fully saturated rings. The first-order valence-corrected chi connectivity index (χ1v) is 6.50. The molecule has 2 aromatic carbocycles. The zero-order valence-corrected chi connectivity index (χ0v) is 11.4. The molecule has 0 bridgehead atoms. The number of carbonyl (C=O) groups is 1. The van der Waals surface area contributed by atoms with Gasteiger partial charge in [0.2, 0.25) is 5.78 Å². The van der Waals surface area contributed by atoms with Crippen molar-refractivity contribution in [2.45, 2.75) is 0 Å². The highest BCUT2D eigenvalue weighted by Crippen LogP contribution is 2.24. The lowest BCUT2D eigenvalue weighted by Gasteiger charge is -2.04. The Bertz CT molecular complexity index is 889. The number of nitrogen functional groups attached to an aromatic ring is 1. The van der Waals surface area contributed by atoms with Crippen LogP contribution in [0.1, 0.15) is 16.1 Å². The summed E-state index contributed by atoms with van der Waals surface area (Å²) in [7, 11) is 0. The summed E-state index contributed by atoms with van der Waals surface area (Å²) in [4.78, 5) is 27.1. The third kappa shape index (κ3) is 2.37. The molecule has 2 N–H and O–H groups in total. The number of nitrogens with zero attached hydrogens (tertiary/aromatic N) is 2. The molecule has 1 aromatic heterocycles. The van der Waals surface area contributed by atoms with Gasteiger partial charge in [0.1, 0.15) is 11.2 Å². The van der Waals surface area contributed by atoms with Crippen molar-refractivity contribution in [2.24, 2.45) is 0 Å². The molecule has 108 valence electrons. The molecule has 0 amide bonds. The quantitative estimate of drug-likeness (QED) is 0.346. The molecule has 1 heterocycles. The molecule has 0 saturated carbocycles. The molecule has 0 spiro atoms. The van der Waals surface area contributed by atoms with Gasteiger partial charge in [0.05, 0.1) is 4.92 Å². The maximum absolute atomic E-state index is 12.4. The number of aromatic nitrogens is 1. The van der Waals surface area contributed by atoms with Gasteiger partial charge in [-0.05, 0) is 30.3 Å². The molecule has 3 aromatic rings. The van der Waals surface area contributed by atoms with Crippen LogP contribution >= 0.6 is 0 Å². The largest absolute Gasteiger partial charge is 0.399 e. The standard InChI is InChI=1S/C16H11N3O3/c17-12-7-4-11(5-8-12)16(20)13-9-6-10-2-1-3-14(19(21)22)15(10)18-13/h1-9H,17H2. The number of nitrogens with two attached hydrogens (primary N) is 1. The fourth-order valence-corrected chi connectivity index (χ4v) is 2.19. The highest BCUT2D eigenvalue weighted by atomic mass is 16.6. The summed E-state index contributed by atoms with van der Waals surface area (Å²) in [6.07, 6.45) is 0. The minimum Gasteiger partial charge on any atom is -0.399 e. The second-order valence-corrected chi connectivity index (χ2v) is 4.75. The molecule has 0 aliphatic rings. The predicted molar refractivity (Wildman–Crippen MR) is 82.7 cm³/mol. The Kier molecular flexibility index (Phi) is 3.27. The minimum absolute atomic E-state index is 0.121. The van der Waals surface area contributed by atoms with Crippen LogP contribution in [-0.2, 0) is 0 Å². The van der Waals surface area contributed by atoms with E-state index in [1.807, 2.05) is 0 Å². The van der Waals surface area contributed by atoms with Gasteiger partial charge < -0.3 is 5.73 Å². The van der Waals surface area contributed by atoms with Gasteiger partial charge in [0, 0.05) is 22.7 Å². The second-order valence-electron chi connectivity index (χ2n) is 4.75. The van der Waals surface area contributed by atoms with E-state index >= 15 is 0 Å². The van der Waals surface area contributed by atoms with E-state index in [-0.39, 0.29) is 22.7 Å². The minimum atomic E-state index is -0.507. The summed E-state index contributed by atoms with van der Waals surface area (Å²) in [6, 6.07) is 14.3. The van der Waals surface area contributed by atoms with E-state index in [1.54, 1.807) is 48.5 Å². The Hall–Kier alpha value is -3.28. The van der Waals surface area contributed by atoms with Crippen molar-refractivity contribution in [1.29, 1.82) is 0 Å². The van der Waals surface area contributed by atoms with Crippen molar-refractivity contribution < 1.29 is 9.72 Å². The number of carbonyl (C=O) groups excluding carboxylic acids is 1. The molecule has 6 nitrogen and oxygen atoms in total. The SMILES string of the molecule is Nc1ccc(C(=O)c2ccc3cccc([N+](=O)[O-])c3n2)cc1. The number of rotatable bonds is 3. The summed E-state index contributed by atoms with van der Waals surface area (Å²) in [6.45, 7) is 0. The molecule has 0 unspecified atom stereocenters. The highest BCUT2D eigenvalue weighted by molar-refractivity contribution is 6.09. The van der Waals surface area contributed by atoms with Crippen molar-refractivity contribution in [3.05, 3.63) is 76.0 Å². The van der Waals surface area contributed by atoms with Gasteiger partial charge in [-0.3, -0.25) is 14.9 Å². The summed E-state index contributed by atoms with van der Waals surface area (Å²) in [5.74, 6) is -0.306. The van der Waals surface area contributed by atoms with Crippen LogP contribution in [-0.4, -0.2) is 15.7 Å². The lowest BCUT2D eigenvalue weighted by Crippen LogP contribution is -2.05. The number of para-hydroxylation sites is 1. The number of non-ortho nitro benzene ring substituents is 1. The summed E-state index contributed by atoms with van der Waals surface area (Å²) in [5.41, 5.74) is 6.82. The number of nitro benzene ring substituents is 1. The number of benzene rings is 2. The van der Waals surface area contributed by atoms with E-state index < -0.39 is 4.92 Å². The molecule has 6 heteroatoms. The van der Waals surface area contributed by atoms with Crippen LogP contribution in [0.5, 0.6) is 0 Å². The molecule has 22 heavy (non-hydrogen) atoms. The Morgan fingerprint density at radius 3 is 2.45 bits per heavy atom. The van der Waals surface area contributed by atoms with Crippen LogP contribution < -0.4 is 5.73 Å². The van der Waals surface area contributed by atoms with E-state index in [9.17, 15) is 14.9 Å². The maximum atomic E-state index is 12.4. The lowest BCUT2D eigenvalue weighted by molar-refractivity contribution is -0.383. The third-order valence-corrected chi connectivity index (χ3v) is 3.30. The number of pyridine rings is 1. The van der Waals surface area contributed by atoms with Gasteiger partial charge in [-0.25, -0.2) is 4.98 Å². The van der Waals surface area contributed by atoms with E-state index in [2.05, 4.69) is 4.98 Å². The van der Waals surface area contributed by atoms with E-state index in [1.165, 1.54) is 6.07 Å². The summed E-state index contributed by atoms with van der Waals surface area (Å²) in [5, 5.41) is 11.7. The lowest BCUT2D eigenvalue weighted by atomic mass is 10.1. The molecule has 0 saturated heterocycles. The molecule has 0 aliphatic carbocycles. The van der Waals surface area contributed by atoms with E-state index in [4.69, 9.17) is 5.73 Å². The van der Waals surface area contributed by atoms with Crippen molar-refractivity contribution in [3.63, 3.8) is 0 Å². The number of hydrogen-bond acceptors (Lipinski definition) is 5. The zero-order chi connectivity index (χ0) is 15.7. The normalized spacial score (nSPS) is 10.5. The fraction of sp³-hybridized carbons (Fsp3) is 0. The first-order valence-electron chi connectivity index (χ1n) is 6.50. The Balaban J connectivity index is 2.11. The molecule has 0 aliphatic heterocycles. The van der Waals surface area contributed by atoms with E-state index in [0.29, 0.717) is 16.6 Å². The van der Waals surface area contributed by atoms with Gasteiger partial charge in [-0.15, -0.1) is 0 Å². The highest BCUT2D eigenvalue weighted by Gasteiger charge is 2.16. The van der Waals surface area contributed by atoms with Crippen LogP contribution in [0, 0.1) is 10.1 Å². The monoisotopic (exact) mass is 293 g/mol. The molecule has 3 rings (SSSR count). The van der Waals surface area contributed by atoms with Gasteiger partial charge in [-0.2, -0.15) is 0 Å². The Morgan fingerprint density at radius 2 is 1.77 bits per heavy atom. The second kappa shape index (κ2) is 5.25. The number of nitro groups is 1. The average molecular weight is 293 g/mol. The topological polar surface area (TPSA) is 99.1 Å². The van der Waals surface area contributed by atoms with Crippen molar-refractivity contribution in [1.82, 2.24) is 4.98 Å². The van der Waals surface area contributed by atoms with Crippen molar-refractivity contribution in [3.8, 4) is 0 Å². The van der Waals surface area contributed by atoms with Gasteiger partial charge in [0.15, 0.2) is 0 Å². The average Bonchev–Trinajstić information content (AvgIpc) is 2.53. The number of fused-ring (bicyclic) bond motifs is 1. The predicted octanol–water partition coefficient (Wildman–Crippen LogP) is 2.96. The van der Waals surface area contributed by atoms with Gasteiger partial charge in [0.25, 0.3) is 5.69 Å². The first-order chi connectivity index (χ1) is 10.6. The van der Waals surface area contributed by atoms with Crippen LogP contribution in [0.25, 0.3) is 10.9 Å². The fourth-order valence-electron chi connectivity index (χ4n) is 2.19. The van der Waals surface area contributed by atoms with Gasteiger partial charge in [-0.1, -0.05) is 18.2 Å². The summed E-state index contributed by atoms with van der Waals surface area (Å²) < 4.78 is 0. The molecule has 0 atom stereocenters. The van der Waals surface area contributed by atoms with Crippen LogP contribution in [0.2, 0.25) is 0 Å². The maximum Gasteiger partial charge on any atom is 0.295 e. The smallest absolute Gasteiger partial charge is 0.295 e. The van der Waals surface area contributed by atoms with Gasteiger partial charge >= 0.3 is 0 Å². The van der Waals surface area contributed by atoms with Crippen LogP contribution in [0.4, 0.5) is 11.4 Å². The Labute approximate surface area is 125 Å². The number of hydrogen-bond donors (Lipinski definition) is 1. The van der Waals surface area contributed by atoms with Crippen molar-refractivity contribution >= 4 is 28.1 Å². The number of anilines is 1. The third-order valence-electron chi connectivity index (χ3n) is 3.30. The first kappa shape index (κ1) is 13.7. The van der Waals surface area contributed by atoms with Crippen molar-refractivity contribution in [2.75, 3.05) is 5.73 Å². The molecular formula is C16H11N3O3. The Morgan fingerprint density at radius 1 is 1.05 bits per heavy atom. The molecule has 0 radical (unpaired) electrons. The molecular weight excluding hydrogens is 282 g/mol. The van der Waals surface area contributed by atoms with Crippen LogP contribution in [0.15, 0.2) is 54.6 Å². The summed E-state index contributed by atoms with van der Waals surface area (Å²) >= 11 is 0.